The van der Waals surface area contributed by atoms with Gasteiger partial charge in [0.1, 0.15) is 5.60 Å². The van der Waals surface area contributed by atoms with Crippen molar-refractivity contribution in [2.45, 2.75) is 43.7 Å². The average Bonchev–Trinajstić information content (AvgIpc) is 2.72. The van der Waals surface area contributed by atoms with E-state index in [0.29, 0.717) is 13.2 Å². The first-order valence-corrected chi connectivity index (χ1v) is 8.14. The number of hydrogen-bond acceptors (Lipinski definition) is 4. The normalized spacial score (nSPS) is 32.5. The summed E-state index contributed by atoms with van der Waals surface area (Å²) in [6.45, 7) is 3.50. The van der Waals surface area contributed by atoms with E-state index in [-0.39, 0.29) is 6.04 Å². The van der Waals surface area contributed by atoms with Gasteiger partial charge >= 0.3 is 0 Å². The van der Waals surface area contributed by atoms with Gasteiger partial charge in [-0.15, -0.1) is 0 Å². The lowest BCUT2D eigenvalue weighted by molar-refractivity contribution is -0.0139. The lowest BCUT2D eigenvalue weighted by atomic mass is 9.83. The van der Waals surface area contributed by atoms with Crippen LogP contribution in [0.3, 0.4) is 0 Å². The van der Waals surface area contributed by atoms with Gasteiger partial charge in [0, 0.05) is 19.0 Å². The second kappa shape index (κ2) is 5.18. The summed E-state index contributed by atoms with van der Waals surface area (Å²) < 4.78 is 11.5. The van der Waals surface area contributed by atoms with Crippen LogP contribution in [0, 0.1) is 0 Å². The third-order valence-corrected chi connectivity index (χ3v) is 5.19. The molecule has 0 aromatic heterocycles. The van der Waals surface area contributed by atoms with Crippen molar-refractivity contribution in [3.63, 3.8) is 0 Å². The maximum absolute atomic E-state index is 11.3. The van der Waals surface area contributed by atoms with Crippen LogP contribution in [0.2, 0.25) is 0 Å². The fourth-order valence-corrected chi connectivity index (χ4v) is 4.05. The molecule has 21 heavy (non-hydrogen) atoms. The molecule has 3 aliphatic heterocycles. The van der Waals surface area contributed by atoms with Crippen molar-refractivity contribution in [1.29, 1.82) is 0 Å². The van der Waals surface area contributed by atoms with Crippen LogP contribution in [0.1, 0.15) is 37.7 Å². The number of nitrogens with zero attached hydrogens (tertiary/aromatic N) is 1. The minimum absolute atomic E-state index is 0.260. The van der Waals surface area contributed by atoms with Crippen LogP contribution in [-0.2, 0) is 5.60 Å². The average molecular weight is 289 g/mol. The van der Waals surface area contributed by atoms with Crippen molar-refractivity contribution in [3.05, 3.63) is 23.8 Å². The van der Waals surface area contributed by atoms with E-state index in [0.717, 1.165) is 49.4 Å². The molecule has 0 saturated carbocycles. The molecule has 4 nitrogen and oxygen atoms in total. The number of rotatable bonds is 1. The lowest BCUT2D eigenvalue weighted by Gasteiger charge is -2.37. The van der Waals surface area contributed by atoms with Crippen LogP contribution in [0.4, 0.5) is 0 Å². The number of piperidine rings is 1. The Kier molecular flexibility index (Phi) is 3.31. The quantitative estimate of drug-likeness (QED) is 0.861. The van der Waals surface area contributed by atoms with E-state index in [9.17, 15) is 5.11 Å². The smallest absolute Gasteiger partial charge is 0.161 e. The highest BCUT2D eigenvalue weighted by molar-refractivity contribution is 5.45. The van der Waals surface area contributed by atoms with Gasteiger partial charge in [-0.05, 0) is 43.5 Å². The third-order valence-electron chi connectivity index (χ3n) is 5.19. The van der Waals surface area contributed by atoms with Gasteiger partial charge in [0.15, 0.2) is 11.5 Å². The SMILES string of the molecule is OC1(c2ccc3c(c2)OCCCO3)CCN2CCCCC21. The highest BCUT2D eigenvalue weighted by atomic mass is 16.5. The molecule has 1 aromatic rings. The number of fused-ring (bicyclic) bond motifs is 2. The van der Waals surface area contributed by atoms with Crippen molar-refractivity contribution >= 4 is 0 Å². The number of aliphatic hydroxyl groups is 1. The van der Waals surface area contributed by atoms with Gasteiger partial charge in [0.05, 0.1) is 13.2 Å². The molecule has 2 saturated heterocycles. The zero-order chi connectivity index (χ0) is 14.3. The number of benzene rings is 1. The van der Waals surface area contributed by atoms with E-state index in [4.69, 9.17) is 9.47 Å². The minimum Gasteiger partial charge on any atom is -0.490 e. The van der Waals surface area contributed by atoms with Crippen LogP contribution in [0.25, 0.3) is 0 Å². The summed E-state index contributed by atoms with van der Waals surface area (Å²) in [7, 11) is 0. The van der Waals surface area contributed by atoms with Crippen molar-refractivity contribution in [2.75, 3.05) is 26.3 Å². The molecular formula is C17H23NO3. The highest BCUT2D eigenvalue weighted by Gasteiger charge is 2.48. The first kappa shape index (κ1) is 13.4. The van der Waals surface area contributed by atoms with E-state index in [1.165, 1.54) is 12.8 Å². The van der Waals surface area contributed by atoms with Crippen LogP contribution < -0.4 is 9.47 Å². The van der Waals surface area contributed by atoms with Crippen molar-refractivity contribution in [1.82, 2.24) is 4.90 Å². The fraction of sp³-hybridized carbons (Fsp3) is 0.647. The molecule has 3 heterocycles. The Morgan fingerprint density at radius 3 is 2.81 bits per heavy atom. The lowest BCUT2D eigenvalue weighted by Crippen LogP contribution is -2.45. The second-order valence-electron chi connectivity index (χ2n) is 6.43. The van der Waals surface area contributed by atoms with E-state index in [2.05, 4.69) is 4.90 Å². The van der Waals surface area contributed by atoms with Crippen LogP contribution in [0.5, 0.6) is 11.5 Å². The second-order valence-corrected chi connectivity index (χ2v) is 6.43. The summed E-state index contributed by atoms with van der Waals surface area (Å²) in [5.74, 6) is 1.59. The Balaban J connectivity index is 1.67. The minimum atomic E-state index is -0.731. The molecule has 0 aliphatic carbocycles. The summed E-state index contributed by atoms with van der Waals surface area (Å²) >= 11 is 0. The summed E-state index contributed by atoms with van der Waals surface area (Å²) in [5.41, 5.74) is 0.256. The molecule has 2 unspecified atom stereocenters. The van der Waals surface area contributed by atoms with E-state index in [1.54, 1.807) is 0 Å². The van der Waals surface area contributed by atoms with Gasteiger partial charge in [-0.1, -0.05) is 12.5 Å². The number of hydrogen-bond donors (Lipinski definition) is 1. The summed E-state index contributed by atoms with van der Waals surface area (Å²) in [4.78, 5) is 2.45. The van der Waals surface area contributed by atoms with Gasteiger partial charge < -0.3 is 14.6 Å². The molecular weight excluding hydrogens is 266 g/mol. The molecule has 0 bridgehead atoms. The standard InChI is InChI=1S/C17H23NO3/c19-17(7-9-18-8-2-1-4-16(17)18)13-5-6-14-15(12-13)21-11-3-10-20-14/h5-6,12,16,19H,1-4,7-11H2. The Morgan fingerprint density at radius 2 is 1.90 bits per heavy atom. The monoisotopic (exact) mass is 289 g/mol. The molecule has 0 spiro atoms. The Labute approximate surface area is 125 Å². The zero-order valence-corrected chi connectivity index (χ0v) is 12.4. The van der Waals surface area contributed by atoms with Crippen molar-refractivity contribution in [3.8, 4) is 11.5 Å². The number of ether oxygens (including phenoxy) is 2. The molecule has 0 amide bonds. The first-order valence-electron chi connectivity index (χ1n) is 8.14. The predicted octanol–water partition coefficient (Wildman–Crippen LogP) is 2.29. The van der Waals surface area contributed by atoms with E-state index in [1.807, 2.05) is 18.2 Å². The zero-order valence-electron chi connectivity index (χ0n) is 12.4. The van der Waals surface area contributed by atoms with Gasteiger partial charge in [0.25, 0.3) is 0 Å². The molecule has 4 heteroatoms. The molecule has 114 valence electrons. The molecule has 2 fully saturated rings. The van der Waals surface area contributed by atoms with Gasteiger partial charge in [-0.3, -0.25) is 4.90 Å². The van der Waals surface area contributed by atoms with Gasteiger partial charge in [0.2, 0.25) is 0 Å². The highest BCUT2D eigenvalue weighted by Crippen LogP contribution is 2.44. The van der Waals surface area contributed by atoms with Gasteiger partial charge in [-0.2, -0.15) is 0 Å². The van der Waals surface area contributed by atoms with E-state index >= 15 is 0 Å². The molecule has 1 N–H and O–H groups in total. The van der Waals surface area contributed by atoms with E-state index < -0.39 is 5.60 Å². The Morgan fingerprint density at radius 1 is 1.05 bits per heavy atom. The molecule has 2 atom stereocenters. The summed E-state index contributed by atoms with van der Waals surface area (Å²) in [6, 6.07) is 6.24. The predicted molar refractivity (Wildman–Crippen MR) is 79.8 cm³/mol. The molecule has 3 aliphatic rings. The maximum Gasteiger partial charge on any atom is 0.161 e. The summed E-state index contributed by atoms with van der Waals surface area (Å²) in [6.07, 6.45) is 5.29. The third kappa shape index (κ3) is 2.21. The first-order chi connectivity index (χ1) is 10.3. The Hall–Kier alpha value is -1.26. The maximum atomic E-state index is 11.3. The van der Waals surface area contributed by atoms with Crippen LogP contribution in [0.15, 0.2) is 18.2 Å². The topological polar surface area (TPSA) is 41.9 Å². The van der Waals surface area contributed by atoms with Crippen molar-refractivity contribution < 1.29 is 14.6 Å². The molecule has 4 rings (SSSR count). The Bertz CT molecular complexity index is 533. The molecule has 0 radical (unpaired) electrons. The summed E-state index contributed by atoms with van der Waals surface area (Å²) in [5, 5.41) is 11.3. The fourth-order valence-electron chi connectivity index (χ4n) is 4.05. The van der Waals surface area contributed by atoms with Gasteiger partial charge in [-0.25, -0.2) is 0 Å². The van der Waals surface area contributed by atoms with Crippen molar-refractivity contribution in [2.24, 2.45) is 0 Å². The largest absolute Gasteiger partial charge is 0.490 e. The molecule has 1 aromatic carbocycles. The van der Waals surface area contributed by atoms with Crippen LogP contribution in [-0.4, -0.2) is 42.4 Å². The van der Waals surface area contributed by atoms with Crippen LogP contribution >= 0.6 is 0 Å².